The van der Waals surface area contributed by atoms with E-state index in [0.717, 1.165) is 11.3 Å². The summed E-state index contributed by atoms with van der Waals surface area (Å²) in [7, 11) is 0. The molecule has 2 fully saturated rings. The highest BCUT2D eigenvalue weighted by Gasteiger charge is 2.56. The zero-order chi connectivity index (χ0) is 28.7. The maximum atomic E-state index is 13.9. The molecule has 3 atom stereocenters. The number of imide groups is 1. The zero-order valence-electron chi connectivity index (χ0n) is 22.0. The summed E-state index contributed by atoms with van der Waals surface area (Å²) in [6.45, 7) is 4.05. The smallest absolute Gasteiger partial charge is 0.305 e. The van der Waals surface area contributed by atoms with Crippen molar-refractivity contribution in [1.29, 1.82) is 0 Å². The van der Waals surface area contributed by atoms with Crippen LogP contribution < -0.4 is 19.2 Å². The molecule has 10 nitrogen and oxygen atoms in total. The Bertz CT molecular complexity index is 1550. The van der Waals surface area contributed by atoms with Crippen molar-refractivity contribution in [2.75, 3.05) is 44.4 Å². The second-order valence-corrected chi connectivity index (χ2v) is 12.3. The molecule has 0 saturated carbocycles. The van der Waals surface area contributed by atoms with E-state index >= 15 is 0 Å². The molecular formula is C28H26ClN3O7S2. The normalized spacial score (nSPS) is 22.0. The molecule has 2 aromatic carbocycles. The van der Waals surface area contributed by atoms with Crippen LogP contribution in [0, 0.1) is 5.92 Å². The van der Waals surface area contributed by atoms with Gasteiger partial charge in [-0.1, -0.05) is 40.8 Å². The molecule has 3 aliphatic heterocycles. The number of H-pyrrole nitrogens is 1. The first kappa shape index (κ1) is 27.8. The first-order valence-electron chi connectivity index (χ1n) is 13.1. The zero-order valence-corrected chi connectivity index (χ0v) is 24.4. The summed E-state index contributed by atoms with van der Waals surface area (Å²) in [4.78, 5) is 58.7. The summed E-state index contributed by atoms with van der Waals surface area (Å²) >= 11 is 8.28. The highest BCUT2D eigenvalue weighted by Crippen LogP contribution is 2.53. The minimum absolute atomic E-state index is 0.147. The molecule has 3 amide bonds. The van der Waals surface area contributed by atoms with Crippen molar-refractivity contribution in [2.24, 2.45) is 5.92 Å². The average molecular weight is 616 g/mol. The number of ether oxygens (including phenoxy) is 3. The lowest BCUT2D eigenvalue weighted by atomic mass is 9.83. The van der Waals surface area contributed by atoms with Gasteiger partial charge < -0.3 is 24.1 Å². The number of benzene rings is 2. The Morgan fingerprint density at radius 2 is 1.80 bits per heavy atom. The first-order valence-corrected chi connectivity index (χ1v) is 15.2. The molecule has 4 heterocycles. The van der Waals surface area contributed by atoms with Crippen LogP contribution in [-0.2, 0) is 19.1 Å². The highest BCUT2D eigenvalue weighted by molar-refractivity contribution is 8.00. The summed E-state index contributed by atoms with van der Waals surface area (Å²) in [5, 5.41) is 0.355. The van der Waals surface area contributed by atoms with E-state index < -0.39 is 17.1 Å². The van der Waals surface area contributed by atoms with Crippen molar-refractivity contribution in [3.05, 3.63) is 67.6 Å². The van der Waals surface area contributed by atoms with Crippen molar-refractivity contribution >= 4 is 58.1 Å². The maximum Gasteiger partial charge on any atom is 0.305 e. The molecular weight excluding hydrogens is 590 g/mol. The molecule has 3 aromatic rings. The molecule has 0 aliphatic carbocycles. The molecule has 0 spiro atoms. The van der Waals surface area contributed by atoms with Crippen LogP contribution in [0.25, 0.3) is 0 Å². The van der Waals surface area contributed by atoms with E-state index in [-0.39, 0.29) is 29.2 Å². The van der Waals surface area contributed by atoms with Crippen LogP contribution in [0.3, 0.4) is 0 Å². The number of anilines is 1. The lowest BCUT2D eigenvalue weighted by molar-refractivity contribution is -0.137. The Kier molecular flexibility index (Phi) is 7.82. The number of hydrogen-bond acceptors (Lipinski definition) is 9. The monoisotopic (exact) mass is 615 g/mol. The standard InChI is InChI=1S/C28H26ClN3O7S2/c1-2-38-19-13-15(3-8-18(19)39-14-20(33)31-9-11-37-12-10-31)21-22-24(40-25-23(21)41-28(36)30-25)27(35)32(26(22)34)17-6-4-16(29)5-7-17/h3-8,13,21-22,24H,2,9-12,14H2,1H3,(H,30,36)/t21-,22-,24+/m0/s1. The number of nitrogens with zero attached hydrogens (tertiary/aromatic N) is 2. The van der Waals surface area contributed by atoms with Crippen LogP contribution in [0.5, 0.6) is 11.5 Å². The number of aromatic amines is 1. The van der Waals surface area contributed by atoms with Gasteiger partial charge in [0.1, 0.15) is 5.25 Å². The Balaban J connectivity index is 1.34. The fourth-order valence-electron chi connectivity index (χ4n) is 5.37. The summed E-state index contributed by atoms with van der Waals surface area (Å²) in [6.07, 6.45) is 0. The van der Waals surface area contributed by atoms with Gasteiger partial charge in [0, 0.05) is 28.9 Å². The summed E-state index contributed by atoms with van der Waals surface area (Å²) in [5.41, 5.74) is 1.14. The maximum absolute atomic E-state index is 13.9. The van der Waals surface area contributed by atoms with E-state index in [1.807, 2.05) is 6.92 Å². The highest BCUT2D eigenvalue weighted by atomic mass is 35.5. The van der Waals surface area contributed by atoms with Crippen molar-refractivity contribution in [3.8, 4) is 11.5 Å². The molecule has 1 N–H and O–H groups in total. The van der Waals surface area contributed by atoms with Gasteiger partial charge in [-0.15, -0.1) is 0 Å². The van der Waals surface area contributed by atoms with Gasteiger partial charge >= 0.3 is 4.87 Å². The lowest BCUT2D eigenvalue weighted by Gasteiger charge is -2.30. The number of morpholine rings is 1. The van der Waals surface area contributed by atoms with Crippen LogP contribution in [0.15, 0.2) is 52.3 Å². The summed E-state index contributed by atoms with van der Waals surface area (Å²) in [6, 6.07) is 11.8. The quantitative estimate of drug-likeness (QED) is 0.401. The number of rotatable bonds is 7. The Morgan fingerprint density at radius 1 is 1.05 bits per heavy atom. The van der Waals surface area contributed by atoms with E-state index in [4.69, 9.17) is 25.8 Å². The van der Waals surface area contributed by atoms with Gasteiger partial charge in [0.2, 0.25) is 11.8 Å². The SMILES string of the molecule is CCOc1cc([C@@H]2c3sc(=O)[nH]c3S[C@H]3C(=O)N(c4ccc(Cl)cc4)C(=O)[C@@H]23)ccc1OCC(=O)N1CCOCC1. The largest absolute Gasteiger partial charge is 0.490 e. The van der Waals surface area contributed by atoms with Gasteiger partial charge in [-0.2, -0.15) is 0 Å². The number of hydrogen-bond donors (Lipinski definition) is 1. The molecule has 1 aromatic heterocycles. The molecule has 0 unspecified atom stereocenters. The third kappa shape index (κ3) is 5.25. The number of thioether (sulfide) groups is 1. The lowest BCUT2D eigenvalue weighted by Crippen LogP contribution is -2.43. The van der Waals surface area contributed by atoms with E-state index in [2.05, 4.69) is 4.98 Å². The third-order valence-corrected chi connectivity index (χ3v) is 9.90. The molecule has 2 saturated heterocycles. The minimum atomic E-state index is -0.744. The van der Waals surface area contributed by atoms with Crippen molar-refractivity contribution in [3.63, 3.8) is 0 Å². The summed E-state index contributed by atoms with van der Waals surface area (Å²) < 4.78 is 17.1. The molecule has 0 radical (unpaired) electrons. The number of carbonyl (C=O) groups excluding carboxylic acids is 3. The average Bonchev–Trinajstić information content (AvgIpc) is 3.47. The first-order chi connectivity index (χ1) is 19.9. The van der Waals surface area contributed by atoms with Crippen LogP contribution in [0.4, 0.5) is 5.69 Å². The van der Waals surface area contributed by atoms with Crippen molar-refractivity contribution < 1.29 is 28.6 Å². The second-order valence-electron chi connectivity index (χ2n) is 9.66. The number of nitrogens with one attached hydrogen (secondary N) is 1. The third-order valence-electron chi connectivity index (χ3n) is 7.25. The van der Waals surface area contributed by atoms with Gasteiger partial charge in [-0.3, -0.25) is 19.2 Å². The van der Waals surface area contributed by atoms with E-state index in [0.29, 0.717) is 70.6 Å². The molecule has 6 rings (SSSR count). The Hall–Kier alpha value is -3.32. The van der Waals surface area contributed by atoms with E-state index in [9.17, 15) is 19.2 Å². The van der Waals surface area contributed by atoms with Crippen LogP contribution in [0.1, 0.15) is 23.3 Å². The van der Waals surface area contributed by atoms with Crippen molar-refractivity contribution in [2.45, 2.75) is 23.1 Å². The predicted octanol–water partition coefficient (Wildman–Crippen LogP) is 3.52. The summed E-state index contributed by atoms with van der Waals surface area (Å²) in [5.74, 6) is -1.36. The van der Waals surface area contributed by atoms with E-state index in [1.54, 1.807) is 47.4 Å². The molecule has 0 bridgehead atoms. The topological polar surface area (TPSA) is 118 Å². The van der Waals surface area contributed by atoms with Gasteiger partial charge in [0.25, 0.3) is 5.91 Å². The number of amides is 3. The fraction of sp³-hybridized carbons (Fsp3) is 0.357. The minimum Gasteiger partial charge on any atom is -0.490 e. The van der Waals surface area contributed by atoms with Crippen LogP contribution in [-0.4, -0.2) is 72.4 Å². The van der Waals surface area contributed by atoms with Gasteiger partial charge in [-0.25, -0.2) is 4.90 Å². The number of thiazole rings is 1. The fourth-order valence-corrected chi connectivity index (χ4v) is 8.01. The number of halogens is 1. The molecule has 41 heavy (non-hydrogen) atoms. The molecule has 13 heteroatoms. The van der Waals surface area contributed by atoms with Gasteiger partial charge in [0.15, 0.2) is 18.1 Å². The Labute approximate surface area is 248 Å². The number of fused-ring (bicyclic) bond motifs is 2. The molecule has 3 aliphatic rings. The van der Waals surface area contributed by atoms with Gasteiger partial charge in [-0.05, 0) is 48.9 Å². The number of carbonyl (C=O) groups is 3. The van der Waals surface area contributed by atoms with Gasteiger partial charge in [0.05, 0.1) is 36.5 Å². The second kappa shape index (κ2) is 11.5. The van der Waals surface area contributed by atoms with Crippen LogP contribution in [0.2, 0.25) is 5.02 Å². The van der Waals surface area contributed by atoms with Crippen LogP contribution >= 0.6 is 34.7 Å². The number of aromatic nitrogens is 1. The predicted molar refractivity (Wildman–Crippen MR) is 154 cm³/mol. The Morgan fingerprint density at radius 3 is 2.54 bits per heavy atom. The van der Waals surface area contributed by atoms with E-state index in [1.165, 1.54) is 16.7 Å². The molecule has 214 valence electrons. The van der Waals surface area contributed by atoms with Crippen molar-refractivity contribution in [1.82, 2.24) is 9.88 Å².